The summed E-state index contributed by atoms with van der Waals surface area (Å²) in [6.45, 7) is 10.6. The number of ether oxygens (including phenoxy) is 1. The molecule has 1 aromatic rings. The molecule has 2 heteroatoms. The lowest BCUT2D eigenvalue weighted by Crippen LogP contribution is -2.06. The molecule has 2 nitrogen and oxygen atoms in total. The molecule has 0 aromatic heterocycles. The highest BCUT2D eigenvalue weighted by Crippen LogP contribution is 2.41. The maximum absolute atomic E-state index is 6.02. The Bertz CT molecular complexity index is 462. The van der Waals surface area contributed by atoms with Crippen molar-refractivity contribution in [2.45, 2.75) is 46.1 Å². The Balaban J connectivity index is 2.53. The number of anilines is 1. The maximum atomic E-state index is 6.02. The number of fused-ring (bicyclic) bond motifs is 1. The Kier molecular flexibility index (Phi) is 3.14. The van der Waals surface area contributed by atoms with Crippen molar-refractivity contribution in [2.24, 2.45) is 0 Å². The third kappa shape index (κ3) is 2.04. The zero-order valence-corrected chi connectivity index (χ0v) is 11.0. The minimum absolute atomic E-state index is 0.224. The largest absolute Gasteiger partial charge is 0.488 e. The van der Waals surface area contributed by atoms with Crippen molar-refractivity contribution >= 4 is 11.3 Å². The van der Waals surface area contributed by atoms with Crippen molar-refractivity contribution in [1.29, 1.82) is 0 Å². The zero-order chi connectivity index (χ0) is 12.6. The van der Waals surface area contributed by atoms with E-state index in [1.807, 2.05) is 6.07 Å². The van der Waals surface area contributed by atoms with Gasteiger partial charge in [-0.2, -0.15) is 0 Å². The summed E-state index contributed by atoms with van der Waals surface area (Å²) >= 11 is 0. The minimum atomic E-state index is 0.224. The van der Waals surface area contributed by atoms with Crippen LogP contribution in [0.15, 0.2) is 12.6 Å². The standard InChI is InChI=1S/C15H21NO/c1-5-6-9(2)14-10(3)7-13(16)15-12(14)8-11(4)17-15/h7,11H,2,5-6,8,16H2,1,3-4H3/t11-/m1/s1. The minimum Gasteiger partial charge on any atom is -0.488 e. The molecule has 17 heavy (non-hydrogen) atoms. The molecule has 1 aromatic carbocycles. The molecule has 0 spiro atoms. The molecule has 0 radical (unpaired) electrons. The van der Waals surface area contributed by atoms with E-state index in [1.165, 1.54) is 22.3 Å². The fourth-order valence-corrected chi connectivity index (χ4v) is 2.68. The molecule has 2 N–H and O–H groups in total. The first-order valence-electron chi connectivity index (χ1n) is 6.31. The number of hydrogen-bond acceptors (Lipinski definition) is 2. The molecular formula is C15H21NO. The first-order chi connectivity index (χ1) is 8.04. The summed E-state index contributed by atoms with van der Waals surface area (Å²) in [5, 5.41) is 0. The van der Waals surface area contributed by atoms with Crippen LogP contribution in [0.3, 0.4) is 0 Å². The van der Waals surface area contributed by atoms with E-state index in [4.69, 9.17) is 10.5 Å². The summed E-state index contributed by atoms with van der Waals surface area (Å²) in [5.74, 6) is 0.885. The average Bonchev–Trinajstić information content (AvgIpc) is 2.60. The Morgan fingerprint density at radius 3 is 2.94 bits per heavy atom. The van der Waals surface area contributed by atoms with Gasteiger partial charge in [0.15, 0.2) is 0 Å². The predicted octanol–water partition coefficient (Wildman–Crippen LogP) is 3.71. The molecule has 1 heterocycles. The van der Waals surface area contributed by atoms with E-state index < -0.39 is 0 Å². The second-order valence-electron chi connectivity index (χ2n) is 4.95. The molecule has 0 saturated carbocycles. The van der Waals surface area contributed by atoms with Gasteiger partial charge in [-0.1, -0.05) is 19.9 Å². The normalized spacial score (nSPS) is 17.7. The Morgan fingerprint density at radius 2 is 2.29 bits per heavy atom. The van der Waals surface area contributed by atoms with Gasteiger partial charge in [-0.05, 0) is 43.0 Å². The van der Waals surface area contributed by atoms with Gasteiger partial charge in [0.05, 0.1) is 5.69 Å². The van der Waals surface area contributed by atoms with Gasteiger partial charge in [0, 0.05) is 12.0 Å². The summed E-state index contributed by atoms with van der Waals surface area (Å²) in [7, 11) is 0. The maximum Gasteiger partial charge on any atom is 0.146 e. The van der Waals surface area contributed by atoms with Crippen molar-refractivity contribution in [1.82, 2.24) is 0 Å². The summed E-state index contributed by atoms with van der Waals surface area (Å²) < 4.78 is 5.80. The van der Waals surface area contributed by atoms with Crippen molar-refractivity contribution in [3.63, 3.8) is 0 Å². The Hall–Kier alpha value is -1.44. The van der Waals surface area contributed by atoms with Gasteiger partial charge >= 0.3 is 0 Å². The van der Waals surface area contributed by atoms with Crippen LogP contribution >= 0.6 is 0 Å². The van der Waals surface area contributed by atoms with E-state index in [2.05, 4.69) is 27.4 Å². The van der Waals surface area contributed by atoms with E-state index >= 15 is 0 Å². The van der Waals surface area contributed by atoms with Crippen LogP contribution in [0.2, 0.25) is 0 Å². The fourth-order valence-electron chi connectivity index (χ4n) is 2.68. The summed E-state index contributed by atoms with van der Waals surface area (Å²) in [6.07, 6.45) is 3.32. The molecule has 0 fully saturated rings. The van der Waals surface area contributed by atoms with Gasteiger partial charge < -0.3 is 10.5 Å². The molecule has 1 atom stereocenters. The van der Waals surface area contributed by atoms with Crippen LogP contribution in [0, 0.1) is 6.92 Å². The van der Waals surface area contributed by atoms with Crippen LogP contribution < -0.4 is 10.5 Å². The summed E-state index contributed by atoms with van der Waals surface area (Å²) in [6, 6.07) is 2.01. The first kappa shape index (κ1) is 12.0. The Morgan fingerprint density at radius 1 is 1.59 bits per heavy atom. The molecule has 0 aliphatic carbocycles. The highest BCUT2D eigenvalue weighted by molar-refractivity contribution is 5.76. The number of allylic oxidation sites excluding steroid dienone is 1. The lowest BCUT2D eigenvalue weighted by molar-refractivity contribution is 0.256. The van der Waals surface area contributed by atoms with Crippen molar-refractivity contribution in [2.75, 3.05) is 5.73 Å². The molecule has 0 unspecified atom stereocenters. The number of aryl methyl sites for hydroxylation is 1. The SMILES string of the molecule is C=C(CCC)c1c(C)cc(N)c2c1C[C@@H](C)O2. The van der Waals surface area contributed by atoms with E-state index in [1.54, 1.807) is 0 Å². The molecule has 1 aliphatic rings. The highest BCUT2D eigenvalue weighted by atomic mass is 16.5. The smallest absolute Gasteiger partial charge is 0.146 e. The lowest BCUT2D eigenvalue weighted by atomic mass is 9.90. The molecular weight excluding hydrogens is 210 g/mol. The highest BCUT2D eigenvalue weighted by Gasteiger charge is 2.26. The van der Waals surface area contributed by atoms with Crippen molar-refractivity contribution < 1.29 is 4.74 Å². The van der Waals surface area contributed by atoms with Gasteiger partial charge in [0.2, 0.25) is 0 Å². The Labute approximate surface area is 103 Å². The second-order valence-corrected chi connectivity index (χ2v) is 4.95. The van der Waals surface area contributed by atoms with Crippen LogP contribution in [0.5, 0.6) is 5.75 Å². The molecule has 2 rings (SSSR count). The lowest BCUT2D eigenvalue weighted by Gasteiger charge is -2.14. The summed E-state index contributed by atoms with van der Waals surface area (Å²) in [5.41, 5.74) is 11.7. The predicted molar refractivity (Wildman–Crippen MR) is 73.3 cm³/mol. The molecule has 0 amide bonds. The van der Waals surface area contributed by atoms with E-state index in [0.29, 0.717) is 0 Å². The molecule has 0 saturated heterocycles. The van der Waals surface area contributed by atoms with Crippen LogP contribution in [0.4, 0.5) is 5.69 Å². The van der Waals surface area contributed by atoms with Gasteiger partial charge in [-0.15, -0.1) is 0 Å². The van der Waals surface area contributed by atoms with Gasteiger partial charge in [-0.3, -0.25) is 0 Å². The topological polar surface area (TPSA) is 35.2 Å². The summed E-state index contributed by atoms with van der Waals surface area (Å²) in [4.78, 5) is 0. The van der Waals surface area contributed by atoms with Crippen molar-refractivity contribution in [3.8, 4) is 5.75 Å². The third-order valence-electron chi connectivity index (χ3n) is 3.32. The van der Waals surface area contributed by atoms with Crippen LogP contribution in [0.1, 0.15) is 43.4 Å². The van der Waals surface area contributed by atoms with E-state index in [0.717, 1.165) is 30.7 Å². The zero-order valence-electron chi connectivity index (χ0n) is 11.0. The fraction of sp³-hybridized carbons (Fsp3) is 0.467. The van der Waals surface area contributed by atoms with Crippen LogP contribution in [0.25, 0.3) is 5.57 Å². The molecule has 92 valence electrons. The molecule has 1 aliphatic heterocycles. The van der Waals surface area contributed by atoms with Gasteiger partial charge in [-0.25, -0.2) is 0 Å². The first-order valence-corrected chi connectivity index (χ1v) is 6.31. The number of hydrogen-bond donors (Lipinski definition) is 1. The number of rotatable bonds is 3. The third-order valence-corrected chi connectivity index (χ3v) is 3.32. The van der Waals surface area contributed by atoms with Crippen LogP contribution in [-0.2, 0) is 6.42 Å². The van der Waals surface area contributed by atoms with Gasteiger partial charge in [0.1, 0.15) is 11.9 Å². The monoisotopic (exact) mass is 231 g/mol. The van der Waals surface area contributed by atoms with E-state index in [-0.39, 0.29) is 6.10 Å². The van der Waals surface area contributed by atoms with Gasteiger partial charge in [0.25, 0.3) is 0 Å². The average molecular weight is 231 g/mol. The van der Waals surface area contributed by atoms with E-state index in [9.17, 15) is 0 Å². The second kappa shape index (κ2) is 4.44. The number of nitrogens with two attached hydrogens (primary N) is 1. The van der Waals surface area contributed by atoms with Crippen molar-refractivity contribution in [3.05, 3.63) is 29.3 Å². The molecule has 0 bridgehead atoms. The quantitative estimate of drug-likeness (QED) is 0.805. The number of benzene rings is 1. The number of nitrogen functional groups attached to an aromatic ring is 1. The van der Waals surface area contributed by atoms with Crippen LogP contribution in [-0.4, -0.2) is 6.10 Å².